The van der Waals surface area contributed by atoms with Gasteiger partial charge in [-0.3, -0.25) is 14.5 Å². The number of hydrogen-bond acceptors (Lipinski definition) is 7. The number of anilines is 1. The van der Waals surface area contributed by atoms with Gasteiger partial charge < -0.3 is 14.9 Å². The summed E-state index contributed by atoms with van der Waals surface area (Å²) in [7, 11) is 0. The molecule has 1 unspecified atom stereocenters. The molecular formula is C24H22N2O5S. The number of aromatic nitrogens is 1. The third-order valence-corrected chi connectivity index (χ3v) is 6.39. The standard InChI is InChI=1S/C24H22N2O5S/c1-4-31-18-11-7-16(8-12-18)21(28)19-20(15-5-9-17(27)10-6-15)26(23(30)22(19)29)24-25-13(2)14(3)32-24/h5-12,20,27-28H,4H2,1-3H3. The maximum absolute atomic E-state index is 13.1. The molecule has 1 amide bonds. The van der Waals surface area contributed by atoms with Crippen LogP contribution in [0.5, 0.6) is 11.5 Å². The van der Waals surface area contributed by atoms with Crippen LogP contribution in [0.3, 0.4) is 0 Å². The minimum atomic E-state index is -0.882. The summed E-state index contributed by atoms with van der Waals surface area (Å²) in [5, 5.41) is 21.2. The number of phenolic OH excluding ortho intramolecular Hbond substituents is 1. The van der Waals surface area contributed by atoms with Gasteiger partial charge in [-0.05, 0) is 62.7 Å². The molecule has 4 rings (SSSR count). The van der Waals surface area contributed by atoms with Gasteiger partial charge >= 0.3 is 5.91 Å². The van der Waals surface area contributed by atoms with E-state index in [1.165, 1.54) is 28.4 Å². The molecule has 7 nitrogen and oxygen atoms in total. The number of rotatable bonds is 5. The minimum Gasteiger partial charge on any atom is -0.508 e. The van der Waals surface area contributed by atoms with Gasteiger partial charge in [-0.25, -0.2) is 4.98 Å². The zero-order valence-corrected chi connectivity index (χ0v) is 18.6. The van der Waals surface area contributed by atoms with Gasteiger partial charge in [0.15, 0.2) is 5.13 Å². The molecule has 0 radical (unpaired) electrons. The highest BCUT2D eigenvalue weighted by Gasteiger charge is 2.48. The Hall–Kier alpha value is -3.65. The van der Waals surface area contributed by atoms with Gasteiger partial charge in [0, 0.05) is 10.4 Å². The monoisotopic (exact) mass is 450 g/mol. The van der Waals surface area contributed by atoms with Gasteiger partial charge in [-0.2, -0.15) is 0 Å². The Balaban J connectivity index is 1.89. The van der Waals surface area contributed by atoms with Crippen LogP contribution in [0.25, 0.3) is 5.76 Å². The fraction of sp³-hybridized carbons (Fsp3) is 0.208. The summed E-state index contributed by atoms with van der Waals surface area (Å²) in [6.45, 7) is 6.10. The van der Waals surface area contributed by atoms with Crippen molar-refractivity contribution in [2.24, 2.45) is 0 Å². The number of thiazole rings is 1. The van der Waals surface area contributed by atoms with Crippen molar-refractivity contribution in [2.75, 3.05) is 11.5 Å². The van der Waals surface area contributed by atoms with E-state index in [0.29, 0.717) is 28.6 Å². The van der Waals surface area contributed by atoms with Crippen molar-refractivity contribution in [1.82, 2.24) is 4.98 Å². The average molecular weight is 451 g/mol. The first-order valence-electron chi connectivity index (χ1n) is 10.1. The summed E-state index contributed by atoms with van der Waals surface area (Å²) >= 11 is 1.31. The lowest BCUT2D eigenvalue weighted by Crippen LogP contribution is -2.29. The zero-order chi connectivity index (χ0) is 23.0. The van der Waals surface area contributed by atoms with E-state index in [-0.39, 0.29) is 17.1 Å². The number of ether oxygens (including phenoxy) is 1. The highest BCUT2D eigenvalue weighted by Crippen LogP contribution is 2.44. The summed E-state index contributed by atoms with van der Waals surface area (Å²) in [5.41, 5.74) is 1.69. The first-order valence-corrected chi connectivity index (χ1v) is 10.9. The molecule has 1 fully saturated rings. The SMILES string of the molecule is CCOc1ccc(C(O)=C2C(=O)C(=O)N(c3nc(C)c(C)s3)C2c2ccc(O)cc2)cc1. The number of benzene rings is 2. The van der Waals surface area contributed by atoms with Crippen molar-refractivity contribution in [3.05, 3.63) is 75.8 Å². The van der Waals surface area contributed by atoms with Crippen molar-refractivity contribution in [3.63, 3.8) is 0 Å². The molecule has 0 aliphatic carbocycles. The van der Waals surface area contributed by atoms with Gasteiger partial charge in [0.05, 0.1) is 23.9 Å². The highest BCUT2D eigenvalue weighted by molar-refractivity contribution is 7.16. The quantitative estimate of drug-likeness (QED) is 0.338. The molecule has 8 heteroatoms. The fourth-order valence-corrected chi connectivity index (χ4v) is 4.53. The minimum absolute atomic E-state index is 0.0321. The predicted molar refractivity (Wildman–Crippen MR) is 122 cm³/mol. The third kappa shape index (κ3) is 3.73. The van der Waals surface area contributed by atoms with E-state index in [1.807, 2.05) is 20.8 Å². The summed E-state index contributed by atoms with van der Waals surface area (Å²) in [4.78, 5) is 32.9. The molecule has 1 atom stereocenters. The molecule has 32 heavy (non-hydrogen) atoms. The number of carbonyl (C=O) groups is 2. The van der Waals surface area contributed by atoms with Crippen LogP contribution in [0.4, 0.5) is 5.13 Å². The van der Waals surface area contributed by atoms with Crippen LogP contribution in [0.15, 0.2) is 54.1 Å². The number of phenols is 1. The van der Waals surface area contributed by atoms with Crippen molar-refractivity contribution in [3.8, 4) is 11.5 Å². The Bertz CT molecular complexity index is 1190. The molecule has 0 spiro atoms. The van der Waals surface area contributed by atoms with Crippen molar-refractivity contribution in [2.45, 2.75) is 26.8 Å². The molecule has 2 heterocycles. The first kappa shape index (κ1) is 21.6. The Labute approximate surface area is 189 Å². The average Bonchev–Trinajstić information content (AvgIpc) is 3.24. The lowest BCUT2D eigenvalue weighted by molar-refractivity contribution is -0.132. The van der Waals surface area contributed by atoms with E-state index in [2.05, 4.69) is 4.98 Å². The van der Waals surface area contributed by atoms with Crippen LogP contribution in [0.1, 0.15) is 34.7 Å². The summed E-state index contributed by atoms with van der Waals surface area (Å²) in [6.07, 6.45) is 0. The van der Waals surface area contributed by atoms with Gasteiger partial charge in [-0.15, -0.1) is 11.3 Å². The van der Waals surface area contributed by atoms with E-state index in [1.54, 1.807) is 36.4 Å². The summed E-state index contributed by atoms with van der Waals surface area (Å²) in [6, 6.07) is 12.0. The van der Waals surface area contributed by atoms with E-state index in [0.717, 1.165) is 10.6 Å². The first-order chi connectivity index (χ1) is 15.3. The number of aliphatic hydroxyl groups excluding tert-OH is 1. The number of aliphatic hydroxyl groups is 1. The Morgan fingerprint density at radius 3 is 2.31 bits per heavy atom. The van der Waals surface area contributed by atoms with E-state index in [4.69, 9.17) is 4.74 Å². The van der Waals surface area contributed by atoms with Crippen LogP contribution in [0.2, 0.25) is 0 Å². The Morgan fingerprint density at radius 2 is 1.75 bits per heavy atom. The smallest absolute Gasteiger partial charge is 0.301 e. The summed E-state index contributed by atoms with van der Waals surface area (Å²) < 4.78 is 5.44. The van der Waals surface area contributed by atoms with Crippen molar-refractivity contribution < 1.29 is 24.5 Å². The number of hydrogen-bond donors (Lipinski definition) is 2. The second-order valence-corrected chi connectivity index (χ2v) is 8.54. The van der Waals surface area contributed by atoms with Gasteiger partial charge in [-0.1, -0.05) is 12.1 Å². The second kappa shape index (κ2) is 8.47. The van der Waals surface area contributed by atoms with Crippen molar-refractivity contribution >= 4 is 33.9 Å². The number of Topliss-reactive ketones (excluding diaryl/α,β-unsaturated/α-hetero) is 1. The number of ketones is 1. The second-order valence-electron chi connectivity index (χ2n) is 7.36. The lowest BCUT2D eigenvalue weighted by atomic mass is 9.95. The van der Waals surface area contributed by atoms with E-state index >= 15 is 0 Å². The maximum atomic E-state index is 13.1. The molecular weight excluding hydrogens is 428 g/mol. The molecule has 1 aliphatic rings. The Kier molecular flexibility index (Phi) is 5.71. The van der Waals surface area contributed by atoms with Crippen LogP contribution in [0, 0.1) is 13.8 Å². The predicted octanol–water partition coefficient (Wildman–Crippen LogP) is 4.49. The number of aryl methyl sites for hydroxylation is 2. The number of nitrogens with zero attached hydrogens (tertiary/aromatic N) is 2. The van der Waals surface area contributed by atoms with Crippen LogP contribution in [-0.2, 0) is 9.59 Å². The molecule has 1 aliphatic heterocycles. The number of aromatic hydroxyl groups is 1. The topological polar surface area (TPSA) is 100.0 Å². The highest BCUT2D eigenvalue weighted by atomic mass is 32.1. The molecule has 0 bridgehead atoms. The van der Waals surface area contributed by atoms with Gasteiger partial charge in [0.25, 0.3) is 5.78 Å². The number of amides is 1. The lowest BCUT2D eigenvalue weighted by Gasteiger charge is -2.23. The molecule has 3 aromatic rings. The molecule has 164 valence electrons. The third-order valence-electron chi connectivity index (χ3n) is 5.32. The van der Waals surface area contributed by atoms with Gasteiger partial charge in [0.1, 0.15) is 17.3 Å². The largest absolute Gasteiger partial charge is 0.508 e. The molecule has 2 aromatic carbocycles. The van der Waals surface area contributed by atoms with Crippen LogP contribution in [-0.4, -0.2) is 33.5 Å². The Morgan fingerprint density at radius 1 is 1.09 bits per heavy atom. The van der Waals surface area contributed by atoms with E-state index in [9.17, 15) is 19.8 Å². The molecule has 2 N–H and O–H groups in total. The fourth-order valence-electron chi connectivity index (χ4n) is 3.59. The molecule has 0 saturated carbocycles. The van der Waals surface area contributed by atoms with Crippen molar-refractivity contribution in [1.29, 1.82) is 0 Å². The normalized spacial score (nSPS) is 17.7. The summed E-state index contributed by atoms with van der Waals surface area (Å²) in [5.74, 6) is -1.15. The van der Waals surface area contributed by atoms with Gasteiger partial charge in [0.2, 0.25) is 0 Å². The van der Waals surface area contributed by atoms with Crippen LogP contribution < -0.4 is 9.64 Å². The molecule has 1 aromatic heterocycles. The molecule has 1 saturated heterocycles. The maximum Gasteiger partial charge on any atom is 0.301 e. The zero-order valence-electron chi connectivity index (χ0n) is 17.8. The van der Waals surface area contributed by atoms with Crippen LogP contribution >= 0.6 is 11.3 Å². The number of carbonyl (C=O) groups excluding carboxylic acids is 2. The van der Waals surface area contributed by atoms with E-state index < -0.39 is 17.7 Å².